The molecule has 0 aliphatic rings. The molecule has 0 aromatic carbocycles. The maximum Gasteiger partial charge on any atom is 0.160 e. The van der Waals surface area contributed by atoms with Crippen LogP contribution in [0.1, 0.15) is 24.9 Å². The Morgan fingerprint density at radius 1 is 1.31 bits per heavy atom. The van der Waals surface area contributed by atoms with E-state index in [1.54, 1.807) is 6.20 Å². The van der Waals surface area contributed by atoms with E-state index in [4.69, 9.17) is 11.6 Å². The molecule has 2 heterocycles. The van der Waals surface area contributed by atoms with Crippen LogP contribution < -0.4 is 0 Å². The van der Waals surface area contributed by atoms with Crippen molar-refractivity contribution in [3.8, 4) is 5.82 Å². The van der Waals surface area contributed by atoms with Gasteiger partial charge >= 0.3 is 0 Å². The van der Waals surface area contributed by atoms with Crippen molar-refractivity contribution in [3.05, 3.63) is 36.0 Å². The number of halogens is 1. The van der Waals surface area contributed by atoms with Crippen molar-refractivity contribution in [2.45, 2.75) is 25.6 Å². The van der Waals surface area contributed by atoms with Crippen molar-refractivity contribution in [1.29, 1.82) is 0 Å². The molecule has 0 aliphatic carbocycles. The molecule has 5 heteroatoms. The quantitative estimate of drug-likeness (QED) is 0.766. The number of aryl methyl sites for hydroxylation is 1. The summed E-state index contributed by atoms with van der Waals surface area (Å²) in [6.07, 6.45) is 5.67. The molecule has 0 fully saturated rings. The zero-order chi connectivity index (χ0) is 11.4. The molecule has 2 aromatic heterocycles. The molecule has 0 spiro atoms. The number of rotatable bonds is 4. The van der Waals surface area contributed by atoms with Crippen LogP contribution in [0.15, 0.2) is 24.5 Å². The molecule has 0 bridgehead atoms. The van der Waals surface area contributed by atoms with Crippen molar-refractivity contribution in [1.82, 2.24) is 19.7 Å². The minimum absolute atomic E-state index is 0.388. The second-order valence-electron chi connectivity index (χ2n) is 3.48. The molecular formula is C11H13ClN4. The molecule has 0 saturated carbocycles. The van der Waals surface area contributed by atoms with Gasteiger partial charge in [-0.3, -0.25) is 4.57 Å². The van der Waals surface area contributed by atoms with Gasteiger partial charge in [-0.05, 0) is 18.6 Å². The number of aromatic nitrogens is 4. The second kappa shape index (κ2) is 5.07. The van der Waals surface area contributed by atoms with E-state index in [0.717, 1.165) is 30.2 Å². The molecule has 0 unspecified atom stereocenters. The summed E-state index contributed by atoms with van der Waals surface area (Å²) in [5.74, 6) is 2.18. The highest BCUT2D eigenvalue weighted by atomic mass is 35.5. The van der Waals surface area contributed by atoms with E-state index in [9.17, 15) is 0 Å². The number of alkyl halides is 1. The van der Waals surface area contributed by atoms with Crippen LogP contribution in [-0.2, 0) is 12.3 Å². The minimum atomic E-state index is 0.388. The van der Waals surface area contributed by atoms with Crippen LogP contribution >= 0.6 is 11.6 Å². The van der Waals surface area contributed by atoms with E-state index in [0.29, 0.717) is 5.88 Å². The number of imidazole rings is 1. The highest BCUT2D eigenvalue weighted by Gasteiger charge is 2.05. The van der Waals surface area contributed by atoms with Gasteiger partial charge in [0.25, 0.3) is 0 Å². The summed E-state index contributed by atoms with van der Waals surface area (Å²) in [6, 6.07) is 3.79. The molecule has 84 valence electrons. The zero-order valence-corrected chi connectivity index (χ0v) is 9.85. The lowest BCUT2D eigenvalue weighted by molar-refractivity contribution is 0.782. The molecule has 2 rings (SSSR count). The van der Waals surface area contributed by atoms with Crippen LogP contribution in [0.3, 0.4) is 0 Å². The summed E-state index contributed by atoms with van der Waals surface area (Å²) in [5.41, 5.74) is 0.780. The lowest BCUT2D eigenvalue weighted by Crippen LogP contribution is -2.04. The van der Waals surface area contributed by atoms with Gasteiger partial charge in [0.1, 0.15) is 5.82 Å². The highest BCUT2D eigenvalue weighted by molar-refractivity contribution is 6.16. The Bertz CT molecular complexity index is 449. The Labute approximate surface area is 99.3 Å². The van der Waals surface area contributed by atoms with E-state index in [2.05, 4.69) is 22.1 Å². The van der Waals surface area contributed by atoms with E-state index >= 15 is 0 Å². The smallest absolute Gasteiger partial charge is 0.160 e. The van der Waals surface area contributed by atoms with E-state index in [1.807, 2.05) is 22.9 Å². The minimum Gasteiger partial charge on any atom is -0.286 e. The molecule has 0 saturated heterocycles. The number of hydrogen-bond donors (Lipinski definition) is 0. The van der Waals surface area contributed by atoms with Crippen molar-refractivity contribution in [2.24, 2.45) is 0 Å². The van der Waals surface area contributed by atoms with E-state index in [-0.39, 0.29) is 0 Å². The van der Waals surface area contributed by atoms with Crippen molar-refractivity contribution in [2.75, 3.05) is 0 Å². The lowest BCUT2D eigenvalue weighted by atomic mass is 10.3. The Morgan fingerprint density at radius 3 is 2.81 bits per heavy atom. The van der Waals surface area contributed by atoms with Crippen LogP contribution in [0, 0.1) is 0 Å². The van der Waals surface area contributed by atoms with Gasteiger partial charge in [0.05, 0.1) is 11.6 Å². The first-order valence-corrected chi connectivity index (χ1v) is 5.79. The summed E-state index contributed by atoms with van der Waals surface area (Å²) >= 11 is 5.66. The Kier molecular flexibility index (Phi) is 3.51. The van der Waals surface area contributed by atoms with Crippen molar-refractivity contribution >= 4 is 11.6 Å². The fourth-order valence-corrected chi connectivity index (χ4v) is 1.65. The van der Waals surface area contributed by atoms with Crippen LogP contribution in [0.2, 0.25) is 0 Å². The average molecular weight is 237 g/mol. The summed E-state index contributed by atoms with van der Waals surface area (Å²) < 4.78 is 1.95. The van der Waals surface area contributed by atoms with Crippen molar-refractivity contribution in [3.63, 3.8) is 0 Å². The molecule has 0 N–H and O–H groups in total. The topological polar surface area (TPSA) is 43.6 Å². The van der Waals surface area contributed by atoms with Crippen LogP contribution in [0.25, 0.3) is 5.82 Å². The third-order valence-electron chi connectivity index (χ3n) is 2.28. The third-order valence-corrected chi connectivity index (χ3v) is 2.55. The van der Waals surface area contributed by atoms with Crippen LogP contribution in [-0.4, -0.2) is 19.7 Å². The molecule has 0 aliphatic heterocycles. The standard InChI is InChI=1S/C11H13ClN4/c1-2-3-10-13-6-7-16(10)11-5-4-9(8-12)14-15-11/h4-7H,2-3,8H2,1H3. The van der Waals surface area contributed by atoms with Gasteiger partial charge in [-0.25, -0.2) is 4.98 Å². The first kappa shape index (κ1) is 11.1. The average Bonchev–Trinajstić information content (AvgIpc) is 2.78. The fourth-order valence-electron chi connectivity index (χ4n) is 1.50. The van der Waals surface area contributed by atoms with E-state index < -0.39 is 0 Å². The first-order valence-electron chi connectivity index (χ1n) is 5.26. The molecule has 16 heavy (non-hydrogen) atoms. The van der Waals surface area contributed by atoms with Crippen molar-refractivity contribution < 1.29 is 0 Å². The summed E-state index contributed by atoms with van der Waals surface area (Å²) in [7, 11) is 0. The molecule has 2 aromatic rings. The van der Waals surface area contributed by atoms with E-state index in [1.165, 1.54) is 0 Å². The van der Waals surface area contributed by atoms with Gasteiger partial charge in [0.15, 0.2) is 5.82 Å². The number of nitrogens with zero attached hydrogens (tertiary/aromatic N) is 4. The van der Waals surface area contributed by atoms with Gasteiger partial charge in [0, 0.05) is 18.8 Å². The maximum absolute atomic E-state index is 5.66. The zero-order valence-electron chi connectivity index (χ0n) is 9.10. The second-order valence-corrected chi connectivity index (χ2v) is 3.75. The molecule has 4 nitrogen and oxygen atoms in total. The SMILES string of the molecule is CCCc1nccn1-c1ccc(CCl)nn1. The molecule has 0 radical (unpaired) electrons. The largest absolute Gasteiger partial charge is 0.286 e. The monoisotopic (exact) mass is 236 g/mol. The lowest BCUT2D eigenvalue weighted by Gasteiger charge is -2.05. The predicted molar refractivity (Wildman–Crippen MR) is 62.7 cm³/mol. The van der Waals surface area contributed by atoms with Gasteiger partial charge in [-0.2, -0.15) is 5.10 Å². The van der Waals surface area contributed by atoms with Gasteiger partial charge in [-0.15, -0.1) is 16.7 Å². The van der Waals surface area contributed by atoms with Crippen LogP contribution in [0.4, 0.5) is 0 Å². The summed E-state index contributed by atoms with van der Waals surface area (Å²) in [5, 5.41) is 8.15. The third kappa shape index (κ3) is 2.22. The van der Waals surface area contributed by atoms with Gasteiger partial charge in [0.2, 0.25) is 0 Å². The van der Waals surface area contributed by atoms with Crippen LogP contribution in [0.5, 0.6) is 0 Å². The van der Waals surface area contributed by atoms with Gasteiger partial charge < -0.3 is 0 Å². The Morgan fingerprint density at radius 2 is 2.19 bits per heavy atom. The predicted octanol–water partition coefficient (Wildman–Crippen LogP) is 2.35. The Hall–Kier alpha value is -1.42. The molecule has 0 amide bonds. The molecule has 0 atom stereocenters. The molecular weight excluding hydrogens is 224 g/mol. The highest BCUT2D eigenvalue weighted by Crippen LogP contribution is 2.09. The van der Waals surface area contributed by atoms with Gasteiger partial charge in [-0.1, -0.05) is 6.92 Å². The summed E-state index contributed by atoms with van der Waals surface area (Å²) in [6.45, 7) is 2.13. The normalized spacial score (nSPS) is 10.6. The summed E-state index contributed by atoms with van der Waals surface area (Å²) in [4.78, 5) is 4.29. The fraction of sp³-hybridized carbons (Fsp3) is 0.364. The first-order chi connectivity index (χ1) is 7.85. The Balaban J connectivity index is 2.31. The number of hydrogen-bond acceptors (Lipinski definition) is 3. The maximum atomic E-state index is 5.66.